The van der Waals surface area contributed by atoms with Crippen molar-refractivity contribution in [3.05, 3.63) is 0 Å². The van der Waals surface area contributed by atoms with E-state index in [1.54, 1.807) is 0 Å². The Bertz CT molecular complexity index is 596. The van der Waals surface area contributed by atoms with E-state index in [0.717, 1.165) is 0 Å². The molecule has 180 valence electrons. The Labute approximate surface area is 179 Å². The fourth-order valence-electron chi connectivity index (χ4n) is 5.63. The molecular formula is C20H35O11+. The number of rotatable bonds is 3. The minimum atomic E-state index is -1.48. The highest BCUT2D eigenvalue weighted by Crippen LogP contribution is 2.42. The molecule has 2 saturated heterocycles. The number of aliphatic hydroxyl groups is 10. The highest BCUT2D eigenvalue weighted by Gasteiger charge is 2.54. The average Bonchev–Trinajstić information content (AvgIpc) is 2.72. The lowest BCUT2D eigenvalue weighted by Gasteiger charge is -2.48. The molecule has 0 aromatic rings. The molecule has 12 atom stereocenters. The first-order valence-corrected chi connectivity index (χ1v) is 11.1. The van der Waals surface area contributed by atoms with Gasteiger partial charge in [-0.3, -0.25) is 0 Å². The van der Waals surface area contributed by atoms with Crippen molar-refractivity contribution in [2.45, 2.75) is 106 Å². The Morgan fingerprint density at radius 3 is 2.03 bits per heavy atom. The van der Waals surface area contributed by atoms with E-state index in [-0.39, 0.29) is 43.8 Å². The summed E-state index contributed by atoms with van der Waals surface area (Å²) in [4.78, 5) is 0. The molecule has 0 spiro atoms. The van der Waals surface area contributed by atoms with E-state index in [4.69, 9.17) is 14.2 Å². The Morgan fingerprint density at radius 1 is 0.677 bits per heavy atom. The van der Waals surface area contributed by atoms with Crippen LogP contribution in [0.4, 0.5) is 0 Å². The maximum absolute atomic E-state index is 10.5. The van der Waals surface area contributed by atoms with Crippen LogP contribution in [0.1, 0.15) is 32.1 Å². The molecule has 2 heterocycles. The molecule has 8 unspecified atom stereocenters. The molecule has 4 rings (SSSR count). The van der Waals surface area contributed by atoms with Crippen LogP contribution < -0.4 is 0 Å². The molecule has 0 aromatic heterocycles. The first-order chi connectivity index (χ1) is 14.7. The van der Waals surface area contributed by atoms with Crippen LogP contribution >= 0.6 is 0 Å². The van der Waals surface area contributed by atoms with Crippen molar-refractivity contribution in [3.8, 4) is 0 Å². The van der Waals surface area contributed by atoms with Gasteiger partial charge in [-0.1, -0.05) is 0 Å². The minimum absolute atomic E-state index is 0.185. The van der Waals surface area contributed by atoms with Crippen LogP contribution in [0.25, 0.3) is 0 Å². The van der Waals surface area contributed by atoms with Gasteiger partial charge in [0.1, 0.15) is 30.5 Å². The smallest absolute Gasteiger partial charge is 0.186 e. The maximum Gasteiger partial charge on any atom is 0.186 e. The van der Waals surface area contributed by atoms with Gasteiger partial charge in [0.15, 0.2) is 18.5 Å². The predicted octanol–water partition coefficient (Wildman–Crippen LogP) is -3.90. The van der Waals surface area contributed by atoms with Crippen LogP contribution in [0, 0.1) is 11.8 Å². The molecule has 9 N–H and O–H groups in total. The summed E-state index contributed by atoms with van der Waals surface area (Å²) >= 11 is 0. The number of hydrogen-bond donors (Lipinski definition) is 8. The van der Waals surface area contributed by atoms with Crippen LogP contribution in [-0.4, -0.2) is 126 Å². The van der Waals surface area contributed by atoms with Crippen LogP contribution in [0.5, 0.6) is 0 Å². The van der Waals surface area contributed by atoms with Gasteiger partial charge in [0, 0.05) is 18.8 Å². The summed E-state index contributed by atoms with van der Waals surface area (Å²) in [5.74, 6) is -0.614. The zero-order chi connectivity index (χ0) is 22.4. The van der Waals surface area contributed by atoms with Crippen molar-refractivity contribution in [2.24, 2.45) is 11.8 Å². The highest BCUT2D eigenvalue weighted by molar-refractivity contribution is 4.99. The van der Waals surface area contributed by atoms with E-state index in [1.165, 1.54) is 0 Å². The molecule has 0 amide bonds. The van der Waals surface area contributed by atoms with E-state index < -0.39 is 67.3 Å². The lowest BCUT2D eigenvalue weighted by atomic mass is 9.72. The Balaban J connectivity index is 1.54. The third-order valence-corrected chi connectivity index (χ3v) is 7.39. The van der Waals surface area contributed by atoms with Crippen LogP contribution in [-0.2, 0) is 9.47 Å². The third kappa shape index (κ3) is 4.78. The second-order valence-electron chi connectivity index (χ2n) is 9.58. The van der Waals surface area contributed by atoms with Gasteiger partial charge in [-0.25, -0.2) is 0 Å². The van der Waals surface area contributed by atoms with E-state index >= 15 is 0 Å². The standard InChI is InChI=1S/C20H34O11/c21-8-3-10(22)9-5-15(31-20-18(28)17(27)13(25)6-29-20)19(30-14(9)4-8)7-1-11(23)16(26)12(24)2-7/h7-28H,1-6H2/p+1/t7?,8?,9?,10?,11?,12?,13-,14?,15?,16?,17-,18+,19?,20-/m1/s1. The molecule has 31 heavy (non-hydrogen) atoms. The highest BCUT2D eigenvalue weighted by atomic mass is 16.7. The van der Waals surface area contributed by atoms with E-state index in [2.05, 4.69) is 0 Å². The molecule has 2 saturated carbocycles. The van der Waals surface area contributed by atoms with Gasteiger partial charge >= 0.3 is 0 Å². The molecule has 11 nitrogen and oxygen atoms in total. The van der Waals surface area contributed by atoms with Gasteiger partial charge in [-0.2, -0.15) is 0 Å². The summed E-state index contributed by atoms with van der Waals surface area (Å²) in [6.45, 7) is -0.217. The largest absolute Gasteiger partial charge is 0.427 e. The van der Waals surface area contributed by atoms with Crippen molar-refractivity contribution < 1.29 is 55.1 Å². The fraction of sp³-hybridized carbons (Fsp3) is 1.00. The quantitative estimate of drug-likeness (QED) is 0.197. The Hall–Kier alpha value is -0.440. The van der Waals surface area contributed by atoms with Crippen LogP contribution in [0.2, 0.25) is 0 Å². The molecule has 0 aromatic carbocycles. The normalized spacial score (nSPS) is 56.1. The van der Waals surface area contributed by atoms with Gasteiger partial charge < -0.3 is 55.1 Å². The van der Waals surface area contributed by atoms with Crippen molar-refractivity contribution >= 4 is 0 Å². The zero-order valence-corrected chi connectivity index (χ0v) is 17.2. The third-order valence-electron chi connectivity index (χ3n) is 7.39. The number of hydrogen-bond acceptors (Lipinski definition) is 10. The second-order valence-corrected chi connectivity index (χ2v) is 9.58. The number of fused-ring (bicyclic) bond motifs is 1. The van der Waals surface area contributed by atoms with Crippen LogP contribution in [0.3, 0.4) is 0 Å². The molecule has 4 fully saturated rings. The van der Waals surface area contributed by atoms with Gasteiger partial charge in [0.25, 0.3) is 0 Å². The summed E-state index contributed by atoms with van der Waals surface area (Å²) < 4.78 is 16.2. The summed E-state index contributed by atoms with van der Waals surface area (Å²) in [6, 6.07) is 0. The van der Waals surface area contributed by atoms with Gasteiger partial charge in [0.05, 0.1) is 36.9 Å². The van der Waals surface area contributed by atoms with E-state index in [9.17, 15) is 40.9 Å². The SMILES string of the molecule is OC1CC(O)C2CC(O[C@H]3OC[C@@H](O)[C@@H](O)[C@@H]3O)C(C3CC(O)C(O)C(O)C3)[OH+]C2C1. The predicted molar refractivity (Wildman–Crippen MR) is 103 cm³/mol. The van der Waals surface area contributed by atoms with E-state index in [1.807, 2.05) is 0 Å². The van der Waals surface area contributed by atoms with Gasteiger partial charge in [0.2, 0.25) is 0 Å². The molecule has 4 aliphatic rings. The lowest BCUT2D eigenvalue weighted by molar-refractivity contribution is -0.346. The van der Waals surface area contributed by atoms with E-state index in [0.29, 0.717) is 12.8 Å². The average molecular weight is 451 g/mol. The summed E-state index contributed by atoms with van der Waals surface area (Å²) in [5, 5.41) is 80.8. The van der Waals surface area contributed by atoms with Gasteiger partial charge in [-0.15, -0.1) is 0 Å². The maximum atomic E-state index is 10.5. The summed E-state index contributed by atoms with van der Waals surface area (Å²) in [7, 11) is 0. The fourth-order valence-corrected chi connectivity index (χ4v) is 5.63. The molecule has 11 heteroatoms. The first-order valence-electron chi connectivity index (χ1n) is 11.1. The van der Waals surface area contributed by atoms with Crippen molar-refractivity contribution in [2.75, 3.05) is 6.61 Å². The van der Waals surface area contributed by atoms with Crippen molar-refractivity contribution in [1.29, 1.82) is 0 Å². The Kier molecular flexibility index (Phi) is 7.21. The Morgan fingerprint density at radius 2 is 1.35 bits per heavy atom. The monoisotopic (exact) mass is 451 g/mol. The molecular weight excluding hydrogens is 416 g/mol. The lowest BCUT2D eigenvalue weighted by Crippen LogP contribution is -2.62. The molecule has 2 aliphatic carbocycles. The summed E-state index contributed by atoms with van der Waals surface area (Å²) in [6.07, 6.45) is -10.5. The molecule has 0 radical (unpaired) electrons. The van der Waals surface area contributed by atoms with Crippen LogP contribution in [0.15, 0.2) is 0 Å². The second kappa shape index (κ2) is 9.43. The zero-order valence-electron chi connectivity index (χ0n) is 17.2. The first kappa shape index (κ1) is 23.7. The van der Waals surface area contributed by atoms with Gasteiger partial charge in [-0.05, 0) is 19.3 Å². The molecule has 2 aliphatic heterocycles. The minimum Gasteiger partial charge on any atom is -0.427 e. The topological polar surface area (TPSA) is 193 Å². The van der Waals surface area contributed by atoms with Crippen molar-refractivity contribution in [3.63, 3.8) is 0 Å². The number of aliphatic hydroxyl groups excluding tert-OH is 8. The van der Waals surface area contributed by atoms with Crippen molar-refractivity contribution in [1.82, 2.24) is 0 Å². The summed E-state index contributed by atoms with van der Waals surface area (Å²) in [5.41, 5.74) is 0. The number of ether oxygens (including phenoxy) is 3. The molecule has 0 bridgehead atoms.